The van der Waals surface area contributed by atoms with Crippen LogP contribution in [0.15, 0.2) is 60.7 Å². The van der Waals surface area contributed by atoms with E-state index in [0.717, 1.165) is 23.2 Å². The van der Waals surface area contributed by atoms with Gasteiger partial charge in [0.1, 0.15) is 12.4 Å². The molecule has 0 saturated carbocycles. The van der Waals surface area contributed by atoms with Gasteiger partial charge in [-0.2, -0.15) is 0 Å². The van der Waals surface area contributed by atoms with Crippen molar-refractivity contribution < 1.29 is 23.7 Å². The van der Waals surface area contributed by atoms with Crippen LogP contribution in [0, 0.1) is 0 Å². The molecule has 0 radical (unpaired) electrons. The van der Waals surface area contributed by atoms with Crippen LogP contribution in [0.25, 0.3) is 0 Å². The Kier molecular flexibility index (Phi) is 8.18. The van der Waals surface area contributed by atoms with Crippen LogP contribution in [-0.2, 0) is 11.2 Å². The molecule has 1 aliphatic rings. The zero-order chi connectivity index (χ0) is 25.7. The van der Waals surface area contributed by atoms with Gasteiger partial charge in [-0.25, -0.2) is 4.79 Å². The highest BCUT2D eigenvalue weighted by atomic mass is 35.5. The van der Waals surface area contributed by atoms with Gasteiger partial charge in [-0.15, -0.1) is 0 Å². The Balaban J connectivity index is 1.62. The van der Waals surface area contributed by atoms with Crippen molar-refractivity contribution in [3.05, 3.63) is 82.4 Å². The van der Waals surface area contributed by atoms with Crippen LogP contribution in [0.1, 0.15) is 27.5 Å². The fourth-order valence-electron chi connectivity index (χ4n) is 4.19. The zero-order valence-electron chi connectivity index (χ0n) is 20.2. The average Bonchev–Trinajstić information content (AvgIpc) is 2.90. The summed E-state index contributed by atoms with van der Waals surface area (Å²) in [4.78, 5) is 13.9. The number of nitrogens with zero attached hydrogens (tertiary/aromatic N) is 1. The minimum absolute atomic E-state index is 0.201. The number of rotatable bonds is 7. The van der Waals surface area contributed by atoms with Crippen molar-refractivity contribution in [2.75, 3.05) is 39.8 Å². The Labute approximate surface area is 220 Å². The number of benzene rings is 3. The lowest BCUT2D eigenvalue weighted by atomic mass is 9.92. The second kappa shape index (κ2) is 11.5. The molecule has 4 rings (SSSR count). The number of fused-ring (bicyclic) bond motifs is 1. The second-order valence-electron chi connectivity index (χ2n) is 8.13. The Bertz CT molecular complexity index is 1250. The molecule has 188 valence electrons. The number of ether oxygens (including phenoxy) is 4. The second-order valence-corrected chi connectivity index (χ2v) is 8.96. The largest absolute Gasteiger partial charge is 0.493 e. The predicted octanol–water partition coefficient (Wildman–Crippen LogP) is 5.52. The van der Waals surface area contributed by atoms with E-state index in [1.54, 1.807) is 38.5 Å². The van der Waals surface area contributed by atoms with Gasteiger partial charge in [-0.1, -0.05) is 17.7 Å². The van der Waals surface area contributed by atoms with Crippen molar-refractivity contribution in [1.29, 1.82) is 0 Å². The Morgan fingerprint density at radius 3 is 2.44 bits per heavy atom. The fourth-order valence-corrected chi connectivity index (χ4v) is 4.72. The van der Waals surface area contributed by atoms with Gasteiger partial charge >= 0.3 is 5.97 Å². The number of carbonyl (C=O) groups is 1. The van der Waals surface area contributed by atoms with Crippen LogP contribution in [0.2, 0.25) is 5.02 Å². The van der Waals surface area contributed by atoms with Crippen molar-refractivity contribution in [1.82, 2.24) is 4.90 Å². The van der Waals surface area contributed by atoms with Gasteiger partial charge in [0.15, 0.2) is 16.6 Å². The van der Waals surface area contributed by atoms with Crippen LogP contribution in [0.4, 0.5) is 5.69 Å². The molecule has 0 aliphatic carbocycles. The highest BCUT2D eigenvalue weighted by Crippen LogP contribution is 2.38. The summed E-state index contributed by atoms with van der Waals surface area (Å²) in [6, 6.07) is 18.1. The summed E-state index contributed by atoms with van der Waals surface area (Å²) in [5.41, 5.74) is 3.45. The maximum atomic E-state index is 11.7. The van der Waals surface area contributed by atoms with E-state index in [9.17, 15) is 4.79 Å². The van der Waals surface area contributed by atoms with Gasteiger partial charge in [-0.3, -0.25) is 0 Å². The molecular formula is C27H27ClN2O5S. The molecule has 7 nitrogen and oxygen atoms in total. The number of anilines is 1. The summed E-state index contributed by atoms with van der Waals surface area (Å²) in [6.07, 6.45) is 0.775. The van der Waals surface area contributed by atoms with E-state index in [1.807, 2.05) is 36.4 Å². The molecule has 0 unspecified atom stereocenters. The number of halogens is 1. The maximum Gasteiger partial charge on any atom is 0.337 e. The van der Waals surface area contributed by atoms with Gasteiger partial charge in [0.05, 0.1) is 32.9 Å². The molecular weight excluding hydrogens is 500 g/mol. The van der Waals surface area contributed by atoms with E-state index in [0.29, 0.717) is 46.1 Å². The number of nitrogens with one attached hydrogen (secondary N) is 1. The topological polar surface area (TPSA) is 69.3 Å². The summed E-state index contributed by atoms with van der Waals surface area (Å²) in [5, 5.41) is 4.49. The van der Waals surface area contributed by atoms with Gasteiger partial charge in [0, 0.05) is 17.3 Å². The molecule has 9 heteroatoms. The molecule has 0 saturated heterocycles. The molecule has 1 atom stereocenters. The first-order chi connectivity index (χ1) is 17.4. The molecule has 1 N–H and O–H groups in total. The number of thiocarbonyl (C=S) groups is 1. The summed E-state index contributed by atoms with van der Waals surface area (Å²) < 4.78 is 22.0. The lowest BCUT2D eigenvalue weighted by Crippen LogP contribution is -2.44. The maximum absolute atomic E-state index is 11.7. The van der Waals surface area contributed by atoms with Gasteiger partial charge in [-0.05, 0) is 84.4 Å². The zero-order valence-corrected chi connectivity index (χ0v) is 21.8. The Morgan fingerprint density at radius 2 is 1.78 bits per heavy atom. The van der Waals surface area contributed by atoms with Crippen molar-refractivity contribution >= 4 is 40.6 Å². The third-order valence-electron chi connectivity index (χ3n) is 6.02. The monoisotopic (exact) mass is 526 g/mol. The fraction of sp³-hybridized carbons (Fsp3) is 0.259. The van der Waals surface area contributed by atoms with Crippen molar-refractivity contribution in [2.24, 2.45) is 0 Å². The highest BCUT2D eigenvalue weighted by molar-refractivity contribution is 7.80. The smallest absolute Gasteiger partial charge is 0.337 e. The lowest BCUT2D eigenvalue weighted by molar-refractivity contribution is 0.0600. The molecule has 0 spiro atoms. The standard InChI is InChI=1S/C27H27ClN2O5S/c1-32-24-13-18-11-12-30(27(36)29-20-6-4-5-19(28)14-20)23(22(18)15-25(24)33-2)16-35-21-9-7-17(8-10-21)26(31)34-3/h4-10,13-15,23H,11-12,16H2,1-3H3,(H,29,36)/t23-/m1/s1. The summed E-state index contributed by atoms with van der Waals surface area (Å²) >= 11 is 12.0. The number of methoxy groups -OCH3 is 3. The van der Waals surface area contributed by atoms with E-state index >= 15 is 0 Å². The normalized spacial score (nSPS) is 14.4. The SMILES string of the molecule is COC(=O)c1ccc(OC[C@@H]2c3cc(OC)c(OC)cc3CCN2C(=S)Nc2cccc(Cl)c2)cc1. The lowest BCUT2D eigenvalue weighted by Gasteiger charge is -2.39. The molecule has 3 aromatic carbocycles. The highest BCUT2D eigenvalue weighted by Gasteiger charge is 2.31. The van der Waals surface area contributed by atoms with E-state index in [2.05, 4.69) is 10.2 Å². The molecule has 0 fully saturated rings. The Hall–Kier alpha value is -3.49. The molecule has 0 aromatic heterocycles. The molecule has 1 heterocycles. The van der Waals surface area contributed by atoms with Crippen LogP contribution in [-0.4, -0.2) is 50.5 Å². The average molecular weight is 527 g/mol. The van der Waals surface area contributed by atoms with Crippen molar-refractivity contribution in [3.8, 4) is 17.2 Å². The van der Waals surface area contributed by atoms with E-state index in [4.69, 9.17) is 42.8 Å². The van der Waals surface area contributed by atoms with Crippen LogP contribution in [0.5, 0.6) is 17.2 Å². The number of hydrogen-bond acceptors (Lipinski definition) is 6. The van der Waals surface area contributed by atoms with Gasteiger partial charge in [0.25, 0.3) is 0 Å². The molecule has 3 aromatic rings. The minimum atomic E-state index is -0.396. The molecule has 1 aliphatic heterocycles. The molecule has 0 amide bonds. The number of esters is 1. The van der Waals surface area contributed by atoms with Crippen LogP contribution < -0.4 is 19.5 Å². The molecule has 0 bridgehead atoms. The quantitative estimate of drug-likeness (QED) is 0.319. The minimum Gasteiger partial charge on any atom is -0.493 e. The summed E-state index contributed by atoms with van der Waals surface area (Å²) in [5.74, 6) is 1.55. The third-order valence-corrected chi connectivity index (χ3v) is 6.59. The number of carbonyl (C=O) groups excluding carboxylic acids is 1. The summed E-state index contributed by atoms with van der Waals surface area (Å²) in [6.45, 7) is 1.00. The first kappa shape index (κ1) is 25.6. The first-order valence-electron chi connectivity index (χ1n) is 11.3. The molecule has 36 heavy (non-hydrogen) atoms. The van der Waals surface area contributed by atoms with Crippen molar-refractivity contribution in [2.45, 2.75) is 12.5 Å². The van der Waals surface area contributed by atoms with Gasteiger partial charge < -0.3 is 29.2 Å². The van der Waals surface area contributed by atoms with Crippen molar-refractivity contribution in [3.63, 3.8) is 0 Å². The van der Waals surface area contributed by atoms with E-state index in [1.165, 1.54) is 7.11 Å². The summed E-state index contributed by atoms with van der Waals surface area (Å²) in [7, 11) is 4.60. The van der Waals surface area contributed by atoms with E-state index in [-0.39, 0.29) is 6.04 Å². The van der Waals surface area contributed by atoms with Gasteiger partial charge in [0.2, 0.25) is 0 Å². The third kappa shape index (κ3) is 5.66. The first-order valence-corrected chi connectivity index (χ1v) is 12.1. The van der Waals surface area contributed by atoms with E-state index < -0.39 is 5.97 Å². The van der Waals surface area contributed by atoms with Crippen LogP contribution in [0.3, 0.4) is 0 Å². The van der Waals surface area contributed by atoms with Crippen LogP contribution >= 0.6 is 23.8 Å². The Morgan fingerprint density at radius 1 is 1.06 bits per heavy atom. The predicted molar refractivity (Wildman–Crippen MR) is 144 cm³/mol. The number of hydrogen-bond donors (Lipinski definition) is 1.